The number of anilines is 2. The van der Waals surface area contributed by atoms with Crippen molar-refractivity contribution >= 4 is 28.3 Å². The number of H-pyrrole nitrogens is 1. The molecule has 0 radical (unpaired) electrons. The molecule has 4 rings (SSSR count). The average molecular weight is 478 g/mol. The number of benzene rings is 3. The fraction of sp³-hybridized carbons (Fsp3) is 0.259. The summed E-state index contributed by atoms with van der Waals surface area (Å²) in [5, 5.41) is 10.7. The number of aromatic nitrogens is 2. The molecule has 0 saturated carbocycles. The van der Waals surface area contributed by atoms with E-state index in [9.17, 15) is 13.6 Å². The normalized spacial score (nSPS) is 11.3. The highest BCUT2D eigenvalue weighted by atomic mass is 19.1. The van der Waals surface area contributed by atoms with Gasteiger partial charge in [-0.15, -0.1) is 0 Å². The van der Waals surface area contributed by atoms with Crippen molar-refractivity contribution < 1.29 is 13.6 Å². The second-order valence-electron chi connectivity index (χ2n) is 8.99. The Morgan fingerprint density at radius 1 is 0.914 bits per heavy atom. The molecule has 0 unspecified atom stereocenters. The first kappa shape index (κ1) is 24.3. The lowest BCUT2D eigenvalue weighted by Gasteiger charge is -2.20. The van der Waals surface area contributed by atoms with E-state index in [2.05, 4.69) is 39.4 Å². The molecule has 0 atom stereocenters. The fourth-order valence-electron chi connectivity index (χ4n) is 4.02. The van der Waals surface area contributed by atoms with Gasteiger partial charge in [-0.3, -0.25) is 9.89 Å². The van der Waals surface area contributed by atoms with E-state index in [4.69, 9.17) is 0 Å². The third-order valence-corrected chi connectivity index (χ3v) is 5.86. The molecule has 0 aliphatic rings. The number of amides is 1. The predicted molar refractivity (Wildman–Crippen MR) is 136 cm³/mol. The van der Waals surface area contributed by atoms with E-state index in [1.807, 2.05) is 37.4 Å². The number of nitrogens with one attached hydrogen (secondary N) is 2. The van der Waals surface area contributed by atoms with E-state index >= 15 is 0 Å². The minimum absolute atomic E-state index is 0.266. The topological polar surface area (TPSA) is 64.3 Å². The van der Waals surface area contributed by atoms with Gasteiger partial charge in [0, 0.05) is 36.3 Å². The lowest BCUT2D eigenvalue weighted by atomic mass is 10.0. The van der Waals surface area contributed by atoms with Crippen molar-refractivity contribution in [2.75, 3.05) is 44.4 Å². The van der Waals surface area contributed by atoms with Crippen molar-refractivity contribution in [2.24, 2.45) is 0 Å². The minimum Gasteiger partial charge on any atom is -0.375 e. The Morgan fingerprint density at radius 3 is 2.31 bits per heavy atom. The van der Waals surface area contributed by atoms with Gasteiger partial charge in [0.05, 0.1) is 5.52 Å². The largest absolute Gasteiger partial charge is 0.375 e. The predicted octanol–water partition coefficient (Wildman–Crippen LogP) is 5.07. The molecule has 0 saturated heterocycles. The van der Waals surface area contributed by atoms with Crippen LogP contribution in [0.3, 0.4) is 0 Å². The van der Waals surface area contributed by atoms with Gasteiger partial charge in [0.15, 0.2) is 5.82 Å². The van der Waals surface area contributed by atoms with Crippen molar-refractivity contribution in [1.29, 1.82) is 0 Å². The molecule has 0 spiro atoms. The molecule has 1 aromatic heterocycles. The van der Waals surface area contributed by atoms with E-state index in [0.717, 1.165) is 47.7 Å². The Hall–Kier alpha value is -3.78. The quantitative estimate of drug-likeness (QED) is 0.353. The standard InChI is InChI=1S/C27H29F2N5O/c1-33(2)11-4-12-34(3)23-8-6-20(7-9-23)27(35)30-26-24-16-18(5-10-25(24)31-32-26)13-19-14-21(28)17-22(29)15-19/h5-10,14-17H,4,11-13H2,1-3H3,(H2,30,31,32,35). The molecule has 2 N–H and O–H groups in total. The molecule has 4 aromatic rings. The number of aromatic amines is 1. The summed E-state index contributed by atoms with van der Waals surface area (Å²) in [6, 6.07) is 16.5. The Kier molecular flexibility index (Phi) is 7.41. The molecule has 0 aliphatic carbocycles. The number of nitrogens with zero attached hydrogens (tertiary/aromatic N) is 3. The fourth-order valence-corrected chi connectivity index (χ4v) is 4.02. The lowest BCUT2D eigenvalue weighted by molar-refractivity contribution is 0.102. The molecule has 1 heterocycles. The lowest BCUT2D eigenvalue weighted by Crippen LogP contribution is -2.23. The number of hydrogen-bond donors (Lipinski definition) is 2. The monoisotopic (exact) mass is 477 g/mol. The van der Waals surface area contributed by atoms with Crippen LogP contribution in [0.15, 0.2) is 60.7 Å². The zero-order valence-electron chi connectivity index (χ0n) is 20.1. The van der Waals surface area contributed by atoms with Gasteiger partial charge in [0.1, 0.15) is 11.6 Å². The number of carbonyl (C=O) groups is 1. The summed E-state index contributed by atoms with van der Waals surface area (Å²) in [6.45, 7) is 1.94. The first-order valence-corrected chi connectivity index (χ1v) is 11.5. The number of hydrogen-bond acceptors (Lipinski definition) is 4. The van der Waals surface area contributed by atoms with Crippen molar-refractivity contribution in [2.45, 2.75) is 12.8 Å². The Bertz CT molecular complexity index is 1300. The molecule has 0 fully saturated rings. The van der Waals surface area contributed by atoms with Crippen LogP contribution >= 0.6 is 0 Å². The van der Waals surface area contributed by atoms with Crippen molar-refractivity contribution in [3.8, 4) is 0 Å². The number of fused-ring (bicyclic) bond motifs is 1. The zero-order chi connectivity index (χ0) is 24.9. The first-order chi connectivity index (χ1) is 16.8. The zero-order valence-corrected chi connectivity index (χ0v) is 20.1. The minimum atomic E-state index is -0.608. The average Bonchev–Trinajstić information content (AvgIpc) is 3.20. The van der Waals surface area contributed by atoms with Gasteiger partial charge >= 0.3 is 0 Å². The molecule has 182 valence electrons. The maximum Gasteiger partial charge on any atom is 0.256 e. The van der Waals surface area contributed by atoms with Crippen molar-refractivity contribution in [3.05, 3.63) is 89.0 Å². The third-order valence-electron chi connectivity index (χ3n) is 5.86. The number of halogens is 2. The second-order valence-corrected chi connectivity index (χ2v) is 8.99. The van der Waals surface area contributed by atoms with E-state index < -0.39 is 11.6 Å². The summed E-state index contributed by atoms with van der Waals surface area (Å²) in [7, 11) is 6.15. The summed E-state index contributed by atoms with van der Waals surface area (Å²) >= 11 is 0. The van der Waals surface area contributed by atoms with E-state index in [-0.39, 0.29) is 5.91 Å². The van der Waals surface area contributed by atoms with E-state index in [1.54, 1.807) is 12.1 Å². The summed E-state index contributed by atoms with van der Waals surface area (Å²) < 4.78 is 27.1. The highest BCUT2D eigenvalue weighted by Crippen LogP contribution is 2.24. The van der Waals surface area contributed by atoms with Crippen LogP contribution in [0.25, 0.3) is 10.9 Å². The van der Waals surface area contributed by atoms with E-state index in [0.29, 0.717) is 23.4 Å². The van der Waals surface area contributed by atoms with Gasteiger partial charge in [0.2, 0.25) is 0 Å². The highest BCUT2D eigenvalue weighted by molar-refractivity contribution is 6.08. The van der Waals surface area contributed by atoms with Gasteiger partial charge in [-0.1, -0.05) is 6.07 Å². The van der Waals surface area contributed by atoms with Gasteiger partial charge in [-0.05, 0) is 93.1 Å². The first-order valence-electron chi connectivity index (χ1n) is 11.5. The summed E-state index contributed by atoms with van der Waals surface area (Å²) in [5.41, 5.74) is 3.70. The number of rotatable bonds is 9. The van der Waals surface area contributed by atoms with Crippen LogP contribution in [0.4, 0.5) is 20.3 Å². The van der Waals surface area contributed by atoms with Crippen LogP contribution < -0.4 is 10.2 Å². The Morgan fingerprint density at radius 2 is 1.63 bits per heavy atom. The number of carbonyl (C=O) groups excluding carboxylic acids is 1. The van der Waals surface area contributed by atoms with Gasteiger partial charge < -0.3 is 15.1 Å². The molecule has 8 heteroatoms. The van der Waals surface area contributed by atoms with Crippen LogP contribution in [0.5, 0.6) is 0 Å². The maximum atomic E-state index is 13.5. The Balaban J connectivity index is 1.45. The van der Waals surface area contributed by atoms with Gasteiger partial charge in [0.25, 0.3) is 5.91 Å². The highest BCUT2D eigenvalue weighted by Gasteiger charge is 2.13. The second kappa shape index (κ2) is 10.7. The Labute approximate surface area is 203 Å². The van der Waals surface area contributed by atoms with Crippen LogP contribution in [-0.2, 0) is 6.42 Å². The molecular formula is C27H29F2N5O. The van der Waals surface area contributed by atoms with Crippen LogP contribution in [0, 0.1) is 11.6 Å². The molecule has 1 amide bonds. The molecular weight excluding hydrogens is 448 g/mol. The summed E-state index contributed by atoms with van der Waals surface area (Å²) in [4.78, 5) is 17.2. The van der Waals surface area contributed by atoms with Crippen LogP contribution in [0.1, 0.15) is 27.9 Å². The van der Waals surface area contributed by atoms with Gasteiger partial charge in [-0.25, -0.2) is 8.78 Å². The maximum absolute atomic E-state index is 13.5. The molecule has 35 heavy (non-hydrogen) atoms. The molecule has 6 nitrogen and oxygen atoms in total. The van der Waals surface area contributed by atoms with Crippen molar-refractivity contribution in [3.63, 3.8) is 0 Å². The molecule has 0 aliphatic heterocycles. The third kappa shape index (κ3) is 6.22. The van der Waals surface area contributed by atoms with Crippen LogP contribution in [-0.4, -0.2) is 55.2 Å². The smallest absolute Gasteiger partial charge is 0.256 e. The van der Waals surface area contributed by atoms with Crippen LogP contribution in [0.2, 0.25) is 0 Å². The van der Waals surface area contributed by atoms with E-state index in [1.165, 1.54) is 12.1 Å². The molecule has 0 bridgehead atoms. The van der Waals surface area contributed by atoms with Crippen molar-refractivity contribution in [1.82, 2.24) is 15.1 Å². The summed E-state index contributed by atoms with van der Waals surface area (Å²) in [6.07, 6.45) is 1.40. The van der Waals surface area contributed by atoms with Gasteiger partial charge in [-0.2, -0.15) is 5.10 Å². The SMILES string of the molecule is CN(C)CCCN(C)c1ccc(C(=O)Nc2n[nH]c3ccc(Cc4cc(F)cc(F)c4)cc23)cc1. The molecule has 3 aromatic carbocycles. The summed E-state index contributed by atoms with van der Waals surface area (Å²) in [5.74, 6) is -1.08.